The summed E-state index contributed by atoms with van der Waals surface area (Å²) in [5.74, 6) is 4.78. The Morgan fingerprint density at radius 3 is 2.52 bits per heavy atom. The van der Waals surface area contributed by atoms with Gasteiger partial charge >= 0.3 is 5.97 Å². The highest BCUT2D eigenvalue weighted by atomic mass is 16.5. The number of morpholine rings is 1. The van der Waals surface area contributed by atoms with Crippen LogP contribution in [0.1, 0.15) is 83.7 Å². The van der Waals surface area contributed by atoms with Crippen LogP contribution in [0.15, 0.2) is 60.8 Å². The van der Waals surface area contributed by atoms with Crippen LogP contribution in [-0.2, 0) is 53.3 Å². The van der Waals surface area contributed by atoms with Crippen molar-refractivity contribution in [2.75, 3.05) is 79.8 Å². The lowest BCUT2D eigenvalue weighted by molar-refractivity contribution is -0.157. The smallest absolute Gasteiger partial charge is 0.324 e. The van der Waals surface area contributed by atoms with Gasteiger partial charge in [0.25, 0.3) is 11.8 Å². The number of likely N-dealkylation sites (tertiary alicyclic amines) is 1. The van der Waals surface area contributed by atoms with E-state index in [1.165, 1.54) is 5.01 Å². The Morgan fingerprint density at radius 2 is 1.76 bits per heavy atom. The molecule has 380 valence electrons. The van der Waals surface area contributed by atoms with E-state index in [4.69, 9.17) is 19.2 Å². The Kier molecular flexibility index (Phi) is 16.0. The Hall–Kier alpha value is -5.63. The van der Waals surface area contributed by atoms with E-state index in [2.05, 4.69) is 94.2 Å². The van der Waals surface area contributed by atoms with Gasteiger partial charge in [0.05, 0.1) is 49.9 Å². The van der Waals surface area contributed by atoms with Crippen LogP contribution in [0.3, 0.4) is 0 Å². The van der Waals surface area contributed by atoms with Gasteiger partial charge in [-0.05, 0) is 111 Å². The number of likely N-dealkylation sites (N-methyl/N-ethyl adjacent to an activating group) is 1. The third kappa shape index (κ3) is 11.7. The number of hydrazine groups is 1. The van der Waals surface area contributed by atoms with Crippen molar-refractivity contribution in [3.63, 3.8) is 0 Å². The van der Waals surface area contributed by atoms with E-state index in [-0.39, 0.29) is 48.7 Å². The van der Waals surface area contributed by atoms with E-state index in [0.717, 1.165) is 69.6 Å². The molecule has 5 atom stereocenters. The molecule has 4 aromatic rings. The van der Waals surface area contributed by atoms with E-state index in [1.807, 2.05) is 50.9 Å². The summed E-state index contributed by atoms with van der Waals surface area (Å²) in [5, 5.41) is 5.88. The molecule has 3 saturated heterocycles. The summed E-state index contributed by atoms with van der Waals surface area (Å²) in [6.45, 7) is 17.9. The maximum absolute atomic E-state index is 15.1. The number of fused-ring (bicyclic) bond motifs is 6. The lowest BCUT2D eigenvalue weighted by Gasteiger charge is -2.41. The molecule has 2 aromatic carbocycles. The minimum absolute atomic E-state index is 0.102. The maximum atomic E-state index is 15.1. The predicted molar refractivity (Wildman–Crippen MR) is 275 cm³/mol. The molecule has 2 aromatic heterocycles. The average molecular weight is 971 g/mol. The fourth-order valence-corrected chi connectivity index (χ4v) is 11.1. The van der Waals surface area contributed by atoms with Gasteiger partial charge in [0.2, 0.25) is 5.91 Å². The number of nitrogens with one attached hydrogen (secondary N) is 2. The second-order valence-corrected chi connectivity index (χ2v) is 21.6. The van der Waals surface area contributed by atoms with Crippen LogP contribution in [0.4, 0.5) is 0 Å². The number of benzene rings is 2. The number of aromatic nitrogens is 2. The van der Waals surface area contributed by atoms with Gasteiger partial charge in [0.15, 0.2) is 0 Å². The highest BCUT2D eigenvalue weighted by molar-refractivity contribution is 5.96. The van der Waals surface area contributed by atoms with Gasteiger partial charge in [-0.25, -0.2) is 5.43 Å². The van der Waals surface area contributed by atoms with Crippen LogP contribution < -0.4 is 10.7 Å². The summed E-state index contributed by atoms with van der Waals surface area (Å²) >= 11 is 0. The number of ether oxygens (including phenoxy) is 3. The number of pyridine rings is 1. The number of carbonyl (C=O) groups excluding carboxylic acids is 4. The molecule has 4 aliphatic rings. The van der Waals surface area contributed by atoms with Crippen LogP contribution >= 0.6 is 0 Å². The van der Waals surface area contributed by atoms with Crippen molar-refractivity contribution in [1.82, 2.24) is 40.0 Å². The van der Waals surface area contributed by atoms with Crippen molar-refractivity contribution in [3.8, 4) is 34.2 Å². The Morgan fingerprint density at radius 1 is 0.986 bits per heavy atom. The third-order valence-electron chi connectivity index (χ3n) is 14.9. The van der Waals surface area contributed by atoms with Crippen LogP contribution in [-0.4, -0.2) is 150 Å². The van der Waals surface area contributed by atoms with Crippen LogP contribution in [0.5, 0.6) is 0 Å². The van der Waals surface area contributed by atoms with Crippen molar-refractivity contribution in [2.45, 2.75) is 97.4 Å². The molecular formula is C56H74N8O7. The highest BCUT2D eigenvalue weighted by Crippen LogP contribution is 2.41. The summed E-state index contributed by atoms with van der Waals surface area (Å²) < 4.78 is 19.6. The number of hydrogen-bond acceptors (Lipinski definition) is 11. The minimum Gasteiger partial charge on any atom is -0.464 e. The number of amides is 3. The van der Waals surface area contributed by atoms with E-state index in [9.17, 15) is 14.4 Å². The monoisotopic (exact) mass is 971 g/mol. The zero-order valence-corrected chi connectivity index (χ0v) is 43.3. The molecule has 71 heavy (non-hydrogen) atoms. The number of rotatable bonds is 10. The van der Waals surface area contributed by atoms with Crippen LogP contribution in [0, 0.1) is 29.1 Å². The van der Waals surface area contributed by atoms with Gasteiger partial charge in [-0.3, -0.25) is 39.0 Å². The average Bonchev–Trinajstić information content (AvgIpc) is 3.93. The molecular weight excluding hydrogens is 897 g/mol. The highest BCUT2D eigenvalue weighted by Gasteiger charge is 2.44. The summed E-state index contributed by atoms with van der Waals surface area (Å²) in [7, 11) is 5.73. The normalized spacial score (nSPS) is 23.0. The van der Waals surface area contributed by atoms with Crippen molar-refractivity contribution in [3.05, 3.63) is 77.6 Å². The first-order valence-electron chi connectivity index (χ1n) is 25.5. The van der Waals surface area contributed by atoms with Gasteiger partial charge < -0.3 is 29.0 Å². The second kappa shape index (κ2) is 22.0. The number of hydrogen-bond donors (Lipinski definition) is 2. The molecule has 8 rings (SSSR count). The van der Waals surface area contributed by atoms with Crippen molar-refractivity contribution >= 4 is 34.6 Å². The predicted octanol–water partition coefficient (Wildman–Crippen LogP) is 5.79. The van der Waals surface area contributed by atoms with Crippen molar-refractivity contribution in [1.29, 1.82) is 0 Å². The summed E-state index contributed by atoms with van der Waals surface area (Å²) in [4.78, 5) is 68.0. The summed E-state index contributed by atoms with van der Waals surface area (Å²) in [6.07, 6.45) is 4.23. The van der Waals surface area contributed by atoms with Gasteiger partial charge in [-0.15, -0.1) is 0 Å². The fourth-order valence-electron chi connectivity index (χ4n) is 11.1. The lowest BCUT2D eigenvalue weighted by atomic mass is 9.84. The Balaban J connectivity index is 1.09. The topological polar surface area (TPSA) is 151 Å². The molecule has 15 nitrogen and oxygen atoms in total. The van der Waals surface area contributed by atoms with Gasteiger partial charge in [-0.2, -0.15) is 0 Å². The number of methoxy groups -OCH3 is 1. The first-order chi connectivity index (χ1) is 33.9. The second-order valence-electron chi connectivity index (χ2n) is 21.6. The molecule has 0 spiro atoms. The van der Waals surface area contributed by atoms with E-state index >= 15 is 4.79 Å². The number of carbonyl (C=O) groups is 4. The lowest BCUT2D eigenvalue weighted by Crippen LogP contribution is -2.67. The molecule has 2 N–H and O–H groups in total. The summed E-state index contributed by atoms with van der Waals surface area (Å²) in [5.41, 5.74) is 9.22. The van der Waals surface area contributed by atoms with Gasteiger partial charge in [0, 0.05) is 87.9 Å². The maximum Gasteiger partial charge on any atom is 0.324 e. The third-order valence-corrected chi connectivity index (χ3v) is 14.9. The number of esters is 1. The Labute approximate surface area is 419 Å². The zero-order valence-electron chi connectivity index (χ0n) is 43.3. The standard InChI is InChI=1S/C56H74N8O7/c1-37(2)50(60(7)34-40-21-25-63(35-40)48(65)18-13-23-62-26-28-70-29-27-62)52(66)58-56(6)32-39-14-10-15-41(30-39)42-19-20-47-44(31-42)45(51(61(47)8)43-16-11-22-57-49(43)38(3)69-9)33-55(4,5)36-71-53(67)46-17-12-24-64(59-46)54(56)68/h10-11,14-16,19-20,22,30-31,37-38,40,46,50,59H,12,17,21,23-29,32-36H2,1-9H3,(H,58,66)/t38-,40+,46-,50-,56-/m0/s1. The van der Waals surface area contributed by atoms with E-state index < -0.39 is 29.0 Å². The zero-order chi connectivity index (χ0) is 50.6. The van der Waals surface area contributed by atoms with Crippen molar-refractivity contribution < 1.29 is 33.4 Å². The quantitative estimate of drug-likeness (QED) is 0.147. The molecule has 4 aliphatic heterocycles. The Bertz CT molecular complexity index is 2660. The van der Waals surface area contributed by atoms with Crippen molar-refractivity contribution in [2.24, 2.45) is 24.3 Å². The van der Waals surface area contributed by atoms with Gasteiger partial charge in [-0.1, -0.05) is 63.9 Å². The molecule has 0 unspecified atom stereocenters. The number of nitrogens with zero attached hydrogens (tertiary/aromatic N) is 6. The molecule has 0 aliphatic carbocycles. The molecule has 6 bridgehead atoms. The first-order valence-corrected chi connectivity index (χ1v) is 25.5. The minimum atomic E-state index is -1.42. The fraction of sp³-hybridized carbons (Fsp3) is 0.554. The van der Waals surface area contributed by atoms with Crippen LogP contribution in [0.2, 0.25) is 0 Å². The molecule has 3 fully saturated rings. The first kappa shape index (κ1) is 51.7. The molecule has 15 heteroatoms. The van der Waals surface area contributed by atoms with E-state index in [0.29, 0.717) is 65.2 Å². The molecule has 0 radical (unpaired) electrons. The molecule has 6 heterocycles. The summed E-state index contributed by atoms with van der Waals surface area (Å²) in [6, 6.07) is 17.5. The van der Waals surface area contributed by atoms with Gasteiger partial charge in [0.1, 0.15) is 11.6 Å². The number of aryl methyl sites for hydroxylation is 1. The number of cyclic esters (lactones) is 1. The molecule has 3 amide bonds. The SMILES string of the molecule is CO[C@@H](C)c1ncccc1-c1c2c3cc(ccc3n1C)-c1cccc(c1)C[C@](C)(NC(=O)[C@H](C(C)C)N(C)C[C@H]1CCN(C(=O)C#CCN3CCOCC3)C1)C(=O)N1CCC[C@H](N1)C(=O)OCC(C)(C)C2. The van der Waals surface area contributed by atoms with Crippen LogP contribution in [0.25, 0.3) is 33.3 Å². The molecule has 0 saturated carbocycles. The van der Waals surface area contributed by atoms with E-state index in [1.54, 1.807) is 20.2 Å². The largest absolute Gasteiger partial charge is 0.464 e.